The fourth-order valence-electron chi connectivity index (χ4n) is 2.53. The molecule has 0 radical (unpaired) electrons. The lowest BCUT2D eigenvalue weighted by Gasteiger charge is -2.13. The lowest BCUT2D eigenvalue weighted by atomic mass is 10.2. The number of aromatic nitrogens is 2. The normalized spacial score (nSPS) is 12.1. The van der Waals surface area contributed by atoms with E-state index in [0.29, 0.717) is 16.8 Å². The van der Waals surface area contributed by atoms with Gasteiger partial charge in [0, 0.05) is 22.4 Å². The van der Waals surface area contributed by atoms with Crippen LogP contribution in [0.2, 0.25) is 0 Å². The summed E-state index contributed by atoms with van der Waals surface area (Å²) in [6.07, 6.45) is 1.37. The number of likely N-dealkylation sites (N-methyl/N-ethyl adjacent to an activating group) is 1. The molecule has 0 aliphatic heterocycles. The number of amides is 2. The zero-order valence-electron chi connectivity index (χ0n) is 14.3. The Morgan fingerprint density at radius 1 is 1.35 bits per heavy atom. The smallest absolute Gasteiger partial charge is 0.263 e. The molecule has 0 bridgehead atoms. The lowest BCUT2D eigenvalue weighted by Crippen LogP contribution is -2.46. The van der Waals surface area contributed by atoms with E-state index in [1.807, 2.05) is 22.9 Å². The van der Waals surface area contributed by atoms with Crippen LogP contribution in [0, 0.1) is 0 Å². The summed E-state index contributed by atoms with van der Waals surface area (Å²) in [5.74, 6) is -0.681. The zero-order valence-corrected chi connectivity index (χ0v) is 15.9. The van der Waals surface area contributed by atoms with Gasteiger partial charge in [0.05, 0.1) is 11.7 Å². The van der Waals surface area contributed by atoms with E-state index in [1.54, 1.807) is 25.2 Å². The van der Waals surface area contributed by atoms with Gasteiger partial charge in [-0.05, 0) is 25.3 Å². The molecule has 2 N–H and O–H groups in total. The second kappa shape index (κ2) is 7.79. The molecule has 136 valence electrons. The van der Waals surface area contributed by atoms with Gasteiger partial charge >= 0.3 is 0 Å². The van der Waals surface area contributed by atoms with Gasteiger partial charge in [0.1, 0.15) is 17.4 Å². The third kappa shape index (κ3) is 3.68. The minimum atomic E-state index is -0.669. The standard InChI is InChI=1S/C17H18N4O3S2/c1-3-18-15(23)10(2)20-13(22)7-21-9-19-16-14(17(21)24)11(8-26-16)12-5-4-6-25-12/h4-6,8-10H,3,7H2,1-2H3,(H,18,23)(H,20,22)/t10-/m0/s1. The van der Waals surface area contributed by atoms with E-state index >= 15 is 0 Å². The van der Waals surface area contributed by atoms with Crippen molar-refractivity contribution in [3.05, 3.63) is 39.6 Å². The Balaban J connectivity index is 1.84. The van der Waals surface area contributed by atoms with Crippen molar-refractivity contribution in [2.24, 2.45) is 0 Å². The maximum Gasteiger partial charge on any atom is 0.263 e. The number of nitrogens with zero attached hydrogens (tertiary/aromatic N) is 2. The molecule has 0 aromatic carbocycles. The number of rotatable bonds is 6. The Morgan fingerprint density at radius 2 is 2.15 bits per heavy atom. The number of hydrogen-bond donors (Lipinski definition) is 2. The summed E-state index contributed by atoms with van der Waals surface area (Å²) in [4.78, 5) is 42.7. The van der Waals surface area contributed by atoms with Crippen molar-refractivity contribution < 1.29 is 9.59 Å². The summed E-state index contributed by atoms with van der Waals surface area (Å²) >= 11 is 2.95. The average Bonchev–Trinajstić information content (AvgIpc) is 3.26. The number of hydrogen-bond acceptors (Lipinski definition) is 6. The molecule has 0 unspecified atom stereocenters. The topological polar surface area (TPSA) is 93.1 Å². The van der Waals surface area contributed by atoms with Crippen LogP contribution in [0.3, 0.4) is 0 Å². The predicted molar refractivity (Wildman–Crippen MR) is 103 cm³/mol. The Kier molecular flexibility index (Phi) is 5.48. The van der Waals surface area contributed by atoms with Crippen LogP contribution < -0.4 is 16.2 Å². The molecular formula is C17H18N4O3S2. The molecule has 2 amide bonds. The van der Waals surface area contributed by atoms with E-state index in [4.69, 9.17) is 0 Å². The molecule has 0 aliphatic rings. The average molecular weight is 390 g/mol. The van der Waals surface area contributed by atoms with E-state index in [0.717, 1.165) is 10.4 Å². The number of thiophene rings is 2. The summed E-state index contributed by atoms with van der Waals surface area (Å²) in [5.41, 5.74) is 0.573. The second-order valence-corrected chi connectivity index (χ2v) is 7.47. The SMILES string of the molecule is CCNC(=O)[C@H](C)NC(=O)Cn1cnc2scc(-c3cccs3)c2c1=O. The molecule has 0 saturated carbocycles. The highest BCUT2D eigenvalue weighted by Crippen LogP contribution is 2.33. The maximum absolute atomic E-state index is 12.8. The van der Waals surface area contributed by atoms with Gasteiger partial charge in [0.2, 0.25) is 11.8 Å². The zero-order chi connectivity index (χ0) is 18.7. The molecule has 26 heavy (non-hydrogen) atoms. The number of carbonyl (C=O) groups is 2. The van der Waals surface area contributed by atoms with Crippen molar-refractivity contribution in [3.8, 4) is 10.4 Å². The highest BCUT2D eigenvalue weighted by molar-refractivity contribution is 7.18. The van der Waals surface area contributed by atoms with Crippen molar-refractivity contribution in [1.82, 2.24) is 20.2 Å². The van der Waals surface area contributed by atoms with Gasteiger partial charge in [-0.3, -0.25) is 19.0 Å². The Bertz CT molecular complexity index is 991. The largest absolute Gasteiger partial charge is 0.355 e. The highest BCUT2D eigenvalue weighted by Gasteiger charge is 2.18. The summed E-state index contributed by atoms with van der Waals surface area (Å²) < 4.78 is 1.27. The minimum Gasteiger partial charge on any atom is -0.355 e. The summed E-state index contributed by atoms with van der Waals surface area (Å²) in [7, 11) is 0. The van der Waals surface area contributed by atoms with Crippen LogP contribution in [-0.4, -0.2) is 34.0 Å². The molecule has 3 rings (SSSR count). The van der Waals surface area contributed by atoms with Gasteiger partial charge in [-0.25, -0.2) is 4.98 Å². The molecule has 3 aromatic rings. The van der Waals surface area contributed by atoms with E-state index in [9.17, 15) is 14.4 Å². The first-order chi connectivity index (χ1) is 12.5. The van der Waals surface area contributed by atoms with Crippen LogP contribution in [0.4, 0.5) is 0 Å². The van der Waals surface area contributed by atoms with E-state index in [2.05, 4.69) is 15.6 Å². The van der Waals surface area contributed by atoms with Crippen LogP contribution in [0.5, 0.6) is 0 Å². The molecule has 0 aliphatic carbocycles. The number of fused-ring (bicyclic) bond motifs is 1. The first-order valence-electron chi connectivity index (χ1n) is 8.08. The molecule has 0 saturated heterocycles. The quantitative estimate of drug-likeness (QED) is 0.671. The molecule has 0 fully saturated rings. The Hall–Kier alpha value is -2.52. The maximum atomic E-state index is 12.8. The van der Waals surface area contributed by atoms with Gasteiger partial charge < -0.3 is 10.6 Å². The van der Waals surface area contributed by atoms with E-state index in [-0.39, 0.29) is 18.0 Å². The van der Waals surface area contributed by atoms with Crippen LogP contribution in [0.1, 0.15) is 13.8 Å². The lowest BCUT2D eigenvalue weighted by molar-refractivity contribution is -0.128. The van der Waals surface area contributed by atoms with Crippen LogP contribution in [-0.2, 0) is 16.1 Å². The van der Waals surface area contributed by atoms with Gasteiger partial charge in [-0.1, -0.05) is 6.07 Å². The van der Waals surface area contributed by atoms with Crippen molar-refractivity contribution in [2.75, 3.05) is 6.54 Å². The predicted octanol–water partition coefficient (Wildman–Crippen LogP) is 1.83. The van der Waals surface area contributed by atoms with Crippen molar-refractivity contribution in [3.63, 3.8) is 0 Å². The van der Waals surface area contributed by atoms with Crippen molar-refractivity contribution >= 4 is 44.7 Å². The first-order valence-corrected chi connectivity index (χ1v) is 9.84. The third-order valence-electron chi connectivity index (χ3n) is 3.78. The van der Waals surface area contributed by atoms with Gasteiger partial charge in [-0.15, -0.1) is 22.7 Å². The second-order valence-electron chi connectivity index (χ2n) is 5.67. The fraction of sp³-hybridized carbons (Fsp3) is 0.294. The fourth-order valence-corrected chi connectivity index (χ4v) is 4.25. The van der Waals surface area contributed by atoms with Crippen LogP contribution in [0.25, 0.3) is 20.7 Å². The van der Waals surface area contributed by atoms with E-state index in [1.165, 1.54) is 22.2 Å². The van der Waals surface area contributed by atoms with Crippen molar-refractivity contribution in [1.29, 1.82) is 0 Å². The molecule has 0 spiro atoms. The third-order valence-corrected chi connectivity index (χ3v) is 5.57. The van der Waals surface area contributed by atoms with Crippen LogP contribution in [0.15, 0.2) is 34.0 Å². The minimum absolute atomic E-state index is 0.189. The Morgan fingerprint density at radius 3 is 2.85 bits per heavy atom. The number of nitrogens with one attached hydrogen (secondary N) is 2. The van der Waals surface area contributed by atoms with Gasteiger partial charge in [-0.2, -0.15) is 0 Å². The van der Waals surface area contributed by atoms with Crippen LogP contribution >= 0.6 is 22.7 Å². The summed E-state index contributed by atoms with van der Waals surface area (Å²) in [6.45, 7) is 3.70. The number of carbonyl (C=O) groups excluding carboxylic acids is 2. The molecule has 3 heterocycles. The summed E-state index contributed by atoms with van der Waals surface area (Å²) in [5, 5.41) is 9.60. The molecule has 3 aromatic heterocycles. The van der Waals surface area contributed by atoms with Gasteiger partial charge in [0.15, 0.2) is 0 Å². The van der Waals surface area contributed by atoms with Gasteiger partial charge in [0.25, 0.3) is 5.56 Å². The Labute approximate surface area is 157 Å². The monoisotopic (exact) mass is 390 g/mol. The molecule has 7 nitrogen and oxygen atoms in total. The van der Waals surface area contributed by atoms with Crippen molar-refractivity contribution in [2.45, 2.75) is 26.4 Å². The molecule has 1 atom stereocenters. The molecule has 9 heteroatoms. The first kappa shape index (κ1) is 18.3. The summed E-state index contributed by atoms with van der Waals surface area (Å²) in [6, 6.07) is 3.20. The molecular weight excluding hydrogens is 372 g/mol. The highest BCUT2D eigenvalue weighted by atomic mass is 32.1. The van der Waals surface area contributed by atoms with E-state index < -0.39 is 11.9 Å².